The molecular weight excluding hydrogens is 278 g/mol. The highest BCUT2D eigenvalue weighted by atomic mass is 32.2. The van der Waals surface area contributed by atoms with Crippen LogP contribution in [0.25, 0.3) is 0 Å². The molecular formula is C14H17NO4S. The zero-order valence-corrected chi connectivity index (χ0v) is 12.0. The Morgan fingerprint density at radius 2 is 2.10 bits per heavy atom. The number of carboxylic acids is 1. The summed E-state index contributed by atoms with van der Waals surface area (Å²) in [5.74, 6) is 1.15. The Morgan fingerprint density at radius 1 is 1.45 bits per heavy atom. The molecule has 1 aromatic rings. The maximum atomic E-state index is 12.1. The van der Waals surface area contributed by atoms with Gasteiger partial charge in [-0.1, -0.05) is 19.1 Å². The van der Waals surface area contributed by atoms with Gasteiger partial charge in [0, 0.05) is 6.42 Å². The second-order valence-electron chi connectivity index (χ2n) is 4.26. The van der Waals surface area contributed by atoms with Crippen LogP contribution in [-0.2, 0) is 14.6 Å². The van der Waals surface area contributed by atoms with Crippen molar-refractivity contribution in [3.63, 3.8) is 0 Å². The minimum atomic E-state index is -3.43. The van der Waals surface area contributed by atoms with Gasteiger partial charge in [0.05, 0.1) is 16.3 Å². The fourth-order valence-electron chi connectivity index (χ4n) is 1.74. The first-order valence-corrected chi connectivity index (χ1v) is 7.82. The second-order valence-corrected chi connectivity index (χ2v) is 6.34. The van der Waals surface area contributed by atoms with Gasteiger partial charge in [-0.25, -0.2) is 13.2 Å². The molecule has 0 aliphatic rings. The van der Waals surface area contributed by atoms with Gasteiger partial charge in [-0.3, -0.25) is 0 Å². The van der Waals surface area contributed by atoms with Crippen LogP contribution in [0.4, 0.5) is 5.69 Å². The summed E-state index contributed by atoms with van der Waals surface area (Å²) in [4.78, 5) is 11.2. The summed E-state index contributed by atoms with van der Waals surface area (Å²) in [6, 6.07) is 5.22. The SMILES string of the molecule is C#CCC(Nc1ccccc1S(=O)(=O)CCC)C(=O)O. The van der Waals surface area contributed by atoms with Gasteiger partial charge in [0.2, 0.25) is 0 Å². The molecule has 1 rings (SSSR count). The van der Waals surface area contributed by atoms with E-state index in [2.05, 4.69) is 11.2 Å². The molecule has 6 heteroatoms. The van der Waals surface area contributed by atoms with Crippen molar-refractivity contribution in [3.8, 4) is 12.3 Å². The molecule has 2 N–H and O–H groups in total. The smallest absolute Gasteiger partial charge is 0.327 e. The number of benzene rings is 1. The minimum Gasteiger partial charge on any atom is -0.480 e. The standard InChI is InChI=1S/C14H17NO4S/c1-3-7-12(14(16)17)15-11-8-5-6-9-13(11)20(18,19)10-4-2/h1,5-6,8-9,12,15H,4,7,10H2,2H3,(H,16,17). The van der Waals surface area contributed by atoms with E-state index >= 15 is 0 Å². The largest absolute Gasteiger partial charge is 0.480 e. The zero-order chi connectivity index (χ0) is 15.2. The molecule has 108 valence electrons. The molecule has 0 heterocycles. The van der Waals surface area contributed by atoms with Crippen LogP contribution >= 0.6 is 0 Å². The van der Waals surface area contributed by atoms with Gasteiger partial charge in [-0.05, 0) is 18.6 Å². The molecule has 0 amide bonds. The average molecular weight is 295 g/mol. The number of rotatable bonds is 7. The second kappa shape index (κ2) is 6.96. The third-order valence-electron chi connectivity index (χ3n) is 2.64. The van der Waals surface area contributed by atoms with Gasteiger partial charge in [-0.2, -0.15) is 0 Å². The van der Waals surface area contributed by atoms with E-state index in [4.69, 9.17) is 11.5 Å². The Morgan fingerprint density at radius 3 is 2.65 bits per heavy atom. The van der Waals surface area contributed by atoms with Gasteiger partial charge < -0.3 is 10.4 Å². The van der Waals surface area contributed by atoms with Crippen molar-refractivity contribution >= 4 is 21.5 Å². The van der Waals surface area contributed by atoms with Crippen molar-refractivity contribution in [2.75, 3.05) is 11.1 Å². The Bertz CT molecular complexity index is 616. The third kappa shape index (κ3) is 4.00. The molecule has 0 saturated carbocycles. The number of aliphatic carboxylic acids is 1. The molecule has 5 nitrogen and oxygen atoms in total. The fraction of sp³-hybridized carbons (Fsp3) is 0.357. The van der Waals surface area contributed by atoms with Gasteiger partial charge in [0.15, 0.2) is 9.84 Å². The fourth-order valence-corrected chi connectivity index (χ4v) is 3.25. The lowest BCUT2D eigenvalue weighted by Gasteiger charge is -2.16. The molecule has 1 unspecified atom stereocenters. The zero-order valence-electron chi connectivity index (χ0n) is 11.2. The van der Waals surface area contributed by atoms with Crippen LogP contribution in [0.5, 0.6) is 0 Å². The third-order valence-corrected chi connectivity index (χ3v) is 4.62. The number of sulfone groups is 1. The van der Waals surface area contributed by atoms with Crippen LogP contribution < -0.4 is 5.32 Å². The summed E-state index contributed by atoms with van der Waals surface area (Å²) in [5, 5.41) is 11.7. The summed E-state index contributed by atoms with van der Waals surface area (Å²) >= 11 is 0. The lowest BCUT2D eigenvalue weighted by atomic mass is 10.2. The first-order valence-electron chi connectivity index (χ1n) is 6.17. The Kier molecular flexibility index (Phi) is 5.59. The van der Waals surface area contributed by atoms with E-state index in [1.54, 1.807) is 19.1 Å². The molecule has 0 saturated heterocycles. The molecule has 0 aromatic heterocycles. The van der Waals surface area contributed by atoms with Crippen LogP contribution in [-0.4, -0.2) is 31.3 Å². The van der Waals surface area contributed by atoms with E-state index < -0.39 is 21.8 Å². The minimum absolute atomic E-state index is 0.0125. The van der Waals surface area contributed by atoms with Gasteiger partial charge in [0.25, 0.3) is 0 Å². The number of nitrogens with one attached hydrogen (secondary N) is 1. The van der Waals surface area contributed by atoms with Crippen molar-refractivity contribution in [1.29, 1.82) is 0 Å². The summed E-state index contributed by atoms with van der Waals surface area (Å²) < 4.78 is 24.3. The number of carboxylic acid groups (broad SMARTS) is 1. The number of para-hydroxylation sites is 1. The van der Waals surface area contributed by atoms with Crippen molar-refractivity contribution in [2.45, 2.75) is 30.7 Å². The van der Waals surface area contributed by atoms with Crippen molar-refractivity contribution in [1.82, 2.24) is 0 Å². The van der Waals surface area contributed by atoms with E-state index in [0.29, 0.717) is 6.42 Å². The Hall–Kier alpha value is -2.00. The number of anilines is 1. The number of terminal acetylenes is 1. The summed E-state index contributed by atoms with van der Waals surface area (Å²) in [5.41, 5.74) is 0.267. The molecule has 0 fully saturated rings. The quantitative estimate of drug-likeness (QED) is 0.749. The van der Waals surface area contributed by atoms with Crippen molar-refractivity contribution in [3.05, 3.63) is 24.3 Å². The predicted octanol–water partition coefficient (Wildman–Crippen LogP) is 1.76. The van der Waals surface area contributed by atoms with Crippen molar-refractivity contribution < 1.29 is 18.3 Å². The molecule has 1 aromatic carbocycles. The lowest BCUT2D eigenvalue weighted by Crippen LogP contribution is -2.29. The molecule has 0 radical (unpaired) electrons. The van der Waals surface area contributed by atoms with Crippen LogP contribution in [0, 0.1) is 12.3 Å². The topological polar surface area (TPSA) is 83.5 Å². The molecule has 0 bridgehead atoms. The highest BCUT2D eigenvalue weighted by Crippen LogP contribution is 2.23. The molecule has 0 aliphatic heterocycles. The average Bonchev–Trinajstić information content (AvgIpc) is 2.38. The normalized spacial score (nSPS) is 12.4. The van der Waals surface area contributed by atoms with E-state index in [9.17, 15) is 13.2 Å². The van der Waals surface area contributed by atoms with E-state index in [-0.39, 0.29) is 22.8 Å². The van der Waals surface area contributed by atoms with Crippen LogP contribution in [0.3, 0.4) is 0 Å². The maximum absolute atomic E-state index is 12.1. The number of hydrogen-bond donors (Lipinski definition) is 2. The van der Waals surface area contributed by atoms with Crippen LogP contribution in [0.1, 0.15) is 19.8 Å². The Labute approximate surface area is 118 Å². The van der Waals surface area contributed by atoms with Crippen LogP contribution in [0.2, 0.25) is 0 Å². The monoisotopic (exact) mass is 295 g/mol. The molecule has 20 heavy (non-hydrogen) atoms. The van der Waals surface area contributed by atoms with Gasteiger partial charge >= 0.3 is 5.97 Å². The lowest BCUT2D eigenvalue weighted by molar-refractivity contribution is -0.137. The highest BCUT2D eigenvalue weighted by Gasteiger charge is 2.21. The maximum Gasteiger partial charge on any atom is 0.327 e. The summed E-state index contributed by atoms with van der Waals surface area (Å²) in [6.07, 6.45) is 5.58. The molecule has 0 spiro atoms. The Balaban J connectivity index is 3.14. The van der Waals surface area contributed by atoms with E-state index in [0.717, 1.165) is 0 Å². The molecule has 1 atom stereocenters. The van der Waals surface area contributed by atoms with E-state index in [1.165, 1.54) is 12.1 Å². The first kappa shape index (κ1) is 16.1. The first-order chi connectivity index (χ1) is 9.42. The number of carbonyl (C=O) groups is 1. The van der Waals surface area contributed by atoms with E-state index in [1.807, 2.05) is 0 Å². The van der Waals surface area contributed by atoms with Gasteiger partial charge in [0.1, 0.15) is 6.04 Å². The highest BCUT2D eigenvalue weighted by molar-refractivity contribution is 7.91. The number of hydrogen-bond acceptors (Lipinski definition) is 4. The predicted molar refractivity (Wildman–Crippen MR) is 77.3 cm³/mol. The summed E-state index contributed by atoms with van der Waals surface area (Å²) in [6.45, 7) is 1.77. The van der Waals surface area contributed by atoms with Gasteiger partial charge in [-0.15, -0.1) is 12.3 Å². The molecule has 0 aliphatic carbocycles. The summed E-state index contributed by atoms with van der Waals surface area (Å²) in [7, 11) is -3.43. The van der Waals surface area contributed by atoms with Crippen LogP contribution in [0.15, 0.2) is 29.2 Å². The van der Waals surface area contributed by atoms with Crippen molar-refractivity contribution in [2.24, 2.45) is 0 Å².